The number of non-ortho nitro benzene ring substituents is 1. The fourth-order valence-electron chi connectivity index (χ4n) is 5.99. The molecule has 0 spiro atoms. The fraction of sp³-hybridized carbons (Fsp3) is 0.667. The molecule has 4 nitrogen and oxygen atoms in total. The summed E-state index contributed by atoms with van der Waals surface area (Å²) in [6.07, 6.45) is 7.84. The minimum Gasteiger partial charge on any atom is -0.323 e. The molecule has 0 heterocycles. The molecule has 0 saturated heterocycles. The first-order valence-corrected chi connectivity index (χ1v) is 8.47. The Bertz CT molecular complexity index is 590. The summed E-state index contributed by atoms with van der Waals surface area (Å²) in [5.74, 6) is 2.53. The maximum Gasteiger partial charge on any atom is 0.270 e. The van der Waals surface area contributed by atoms with Crippen LogP contribution in [0.1, 0.15) is 55.7 Å². The van der Waals surface area contributed by atoms with E-state index in [2.05, 4.69) is 6.07 Å². The number of nitro benzene ring substituents is 1. The van der Waals surface area contributed by atoms with Gasteiger partial charge in [-0.1, -0.05) is 6.07 Å². The molecule has 0 aromatic heterocycles. The van der Waals surface area contributed by atoms with Crippen molar-refractivity contribution >= 4 is 5.69 Å². The van der Waals surface area contributed by atoms with Gasteiger partial charge in [-0.05, 0) is 79.7 Å². The lowest BCUT2D eigenvalue weighted by atomic mass is 9.47. The summed E-state index contributed by atoms with van der Waals surface area (Å²) in [5.41, 5.74) is 8.98. The second kappa shape index (κ2) is 4.79. The minimum atomic E-state index is -0.303. The lowest BCUT2D eigenvalue weighted by molar-refractivity contribution is -0.385. The zero-order chi connectivity index (χ0) is 15.5. The Balaban J connectivity index is 1.69. The average molecular weight is 300 g/mol. The molecule has 118 valence electrons. The van der Waals surface area contributed by atoms with E-state index >= 15 is 0 Å². The molecule has 0 radical (unpaired) electrons. The molecule has 0 aliphatic heterocycles. The highest BCUT2D eigenvalue weighted by Crippen LogP contribution is 2.63. The maximum absolute atomic E-state index is 11.1. The molecule has 4 fully saturated rings. The van der Waals surface area contributed by atoms with E-state index in [-0.39, 0.29) is 22.1 Å². The lowest BCUT2D eigenvalue weighted by Crippen LogP contribution is -2.50. The highest BCUT2D eigenvalue weighted by atomic mass is 16.6. The zero-order valence-corrected chi connectivity index (χ0v) is 13.1. The Labute approximate surface area is 131 Å². The van der Waals surface area contributed by atoms with Crippen molar-refractivity contribution in [2.24, 2.45) is 28.9 Å². The van der Waals surface area contributed by atoms with Gasteiger partial charge in [-0.15, -0.1) is 0 Å². The summed E-state index contributed by atoms with van der Waals surface area (Å²) >= 11 is 0. The molecule has 4 aliphatic rings. The van der Waals surface area contributed by atoms with E-state index in [1.54, 1.807) is 12.1 Å². The van der Waals surface area contributed by atoms with E-state index in [0.717, 1.165) is 28.9 Å². The number of rotatable bonds is 3. The predicted octanol–water partition coefficient (Wildman–Crippen LogP) is 4.12. The summed E-state index contributed by atoms with van der Waals surface area (Å²) in [4.78, 5) is 10.8. The third-order valence-electron chi connectivity index (χ3n) is 6.40. The van der Waals surface area contributed by atoms with Crippen molar-refractivity contribution in [3.63, 3.8) is 0 Å². The number of nitrogens with zero attached hydrogens (tertiary/aromatic N) is 1. The number of nitrogens with two attached hydrogens (primary N) is 1. The van der Waals surface area contributed by atoms with Gasteiger partial charge >= 0.3 is 0 Å². The number of hydrogen-bond acceptors (Lipinski definition) is 3. The molecule has 2 N–H and O–H groups in total. The van der Waals surface area contributed by atoms with Gasteiger partial charge < -0.3 is 5.73 Å². The van der Waals surface area contributed by atoms with Crippen molar-refractivity contribution in [1.82, 2.24) is 0 Å². The van der Waals surface area contributed by atoms with Crippen LogP contribution in [0.3, 0.4) is 0 Å². The van der Waals surface area contributed by atoms with Crippen LogP contribution in [-0.2, 0) is 0 Å². The molecule has 4 saturated carbocycles. The van der Waals surface area contributed by atoms with Crippen LogP contribution in [0.4, 0.5) is 5.69 Å². The second-order valence-corrected chi connectivity index (χ2v) is 8.12. The third kappa shape index (κ3) is 2.16. The van der Waals surface area contributed by atoms with Gasteiger partial charge in [-0.25, -0.2) is 0 Å². The first kappa shape index (κ1) is 14.2. The predicted molar refractivity (Wildman–Crippen MR) is 85.4 cm³/mol. The Morgan fingerprint density at radius 1 is 1.14 bits per heavy atom. The van der Waals surface area contributed by atoms with E-state index in [0.29, 0.717) is 0 Å². The van der Waals surface area contributed by atoms with Gasteiger partial charge in [0, 0.05) is 18.2 Å². The number of aryl methyl sites for hydroxylation is 1. The van der Waals surface area contributed by atoms with Gasteiger partial charge in [0.25, 0.3) is 5.69 Å². The Kier molecular flexibility index (Phi) is 3.09. The number of benzene rings is 1. The summed E-state index contributed by atoms with van der Waals surface area (Å²) < 4.78 is 0. The van der Waals surface area contributed by atoms with Crippen LogP contribution in [0.5, 0.6) is 0 Å². The van der Waals surface area contributed by atoms with Crippen LogP contribution in [0.2, 0.25) is 0 Å². The molecule has 1 atom stereocenters. The highest BCUT2D eigenvalue weighted by molar-refractivity contribution is 5.41. The van der Waals surface area contributed by atoms with Gasteiger partial charge in [0.05, 0.1) is 4.92 Å². The van der Waals surface area contributed by atoms with Crippen molar-refractivity contribution in [2.75, 3.05) is 0 Å². The fourth-order valence-corrected chi connectivity index (χ4v) is 5.99. The van der Waals surface area contributed by atoms with Gasteiger partial charge in [0.2, 0.25) is 0 Å². The smallest absolute Gasteiger partial charge is 0.270 e. The van der Waals surface area contributed by atoms with Crippen LogP contribution in [-0.4, -0.2) is 4.92 Å². The van der Waals surface area contributed by atoms with Gasteiger partial charge in [-0.3, -0.25) is 10.1 Å². The monoisotopic (exact) mass is 300 g/mol. The van der Waals surface area contributed by atoms with E-state index in [9.17, 15) is 10.1 Å². The van der Waals surface area contributed by atoms with Crippen molar-refractivity contribution in [1.29, 1.82) is 0 Å². The van der Waals surface area contributed by atoms with E-state index < -0.39 is 0 Å². The SMILES string of the molecule is Cc1cc(C(N)C23CC4CC(CC(C4)C2)C3)cc([N+](=O)[O-])c1. The second-order valence-electron chi connectivity index (χ2n) is 8.12. The lowest BCUT2D eigenvalue weighted by Gasteiger charge is -2.59. The zero-order valence-electron chi connectivity index (χ0n) is 13.1. The van der Waals surface area contributed by atoms with E-state index in [4.69, 9.17) is 5.73 Å². The molecular formula is C18H24N2O2. The van der Waals surface area contributed by atoms with Crippen molar-refractivity contribution < 1.29 is 4.92 Å². The average Bonchev–Trinajstić information content (AvgIpc) is 2.44. The quantitative estimate of drug-likeness (QED) is 0.674. The minimum absolute atomic E-state index is 0.0560. The molecule has 4 bridgehead atoms. The molecule has 5 rings (SSSR count). The first-order valence-electron chi connectivity index (χ1n) is 8.47. The van der Waals surface area contributed by atoms with Gasteiger partial charge in [0.1, 0.15) is 0 Å². The van der Waals surface area contributed by atoms with Crippen LogP contribution in [0, 0.1) is 40.2 Å². The van der Waals surface area contributed by atoms with Gasteiger partial charge in [-0.2, -0.15) is 0 Å². The molecule has 22 heavy (non-hydrogen) atoms. The first-order chi connectivity index (χ1) is 10.4. The molecule has 4 heteroatoms. The van der Waals surface area contributed by atoms with Crippen molar-refractivity contribution in [2.45, 2.75) is 51.5 Å². The Morgan fingerprint density at radius 2 is 1.68 bits per heavy atom. The third-order valence-corrected chi connectivity index (χ3v) is 6.40. The largest absolute Gasteiger partial charge is 0.323 e. The summed E-state index contributed by atoms with van der Waals surface area (Å²) in [6.45, 7) is 1.92. The Morgan fingerprint density at radius 3 is 2.18 bits per heavy atom. The summed E-state index contributed by atoms with van der Waals surface area (Å²) in [7, 11) is 0. The van der Waals surface area contributed by atoms with E-state index in [1.165, 1.54) is 38.5 Å². The van der Waals surface area contributed by atoms with Gasteiger partial charge in [0.15, 0.2) is 0 Å². The molecule has 0 amide bonds. The van der Waals surface area contributed by atoms with Crippen LogP contribution < -0.4 is 5.73 Å². The number of hydrogen-bond donors (Lipinski definition) is 1. The summed E-state index contributed by atoms with van der Waals surface area (Å²) in [5, 5.41) is 11.1. The van der Waals surface area contributed by atoms with Crippen LogP contribution >= 0.6 is 0 Å². The van der Waals surface area contributed by atoms with Crippen molar-refractivity contribution in [3.8, 4) is 0 Å². The molecular weight excluding hydrogens is 276 g/mol. The molecule has 1 unspecified atom stereocenters. The van der Waals surface area contributed by atoms with E-state index in [1.807, 2.05) is 6.92 Å². The number of nitro groups is 1. The Hall–Kier alpha value is -1.42. The maximum atomic E-state index is 11.1. The molecule has 1 aromatic carbocycles. The van der Waals surface area contributed by atoms with Crippen molar-refractivity contribution in [3.05, 3.63) is 39.4 Å². The summed E-state index contributed by atoms with van der Waals surface area (Å²) in [6, 6.07) is 5.34. The van der Waals surface area contributed by atoms with Crippen LogP contribution in [0.25, 0.3) is 0 Å². The van der Waals surface area contributed by atoms with Crippen LogP contribution in [0.15, 0.2) is 18.2 Å². The molecule has 4 aliphatic carbocycles. The molecule has 1 aromatic rings. The topological polar surface area (TPSA) is 69.2 Å². The highest BCUT2D eigenvalue weighted by Gasteiger charge is 2.53. The standard InChI is InChI=1S/C18H24N2O2/c1-11-2-15(7-16(3-11)20(21)22)17(19)18-8-12-4-13(9-18)6-14(5-12)10-18/h2-3,7,12-14,17H,4-6,8-10,19H2,1H3. The normalized spacial score (nSPS) is 37.3.